The molecule has 0 saturated heterocycles. The Morgan fingerprint density at radius 1 is 1.50 bits per heavy atom. The molecule has 0 saturated carbocycles. The van der Waals surface area contributed by atoms with E-state index < -0.39 is 12.0 Å². The first-order valence-electron chi connectivity index (χ1n) is 5.52. The lowest BCUT2D eigenvalue weighted by Gasteiger charge is -2.11. The number of hydrogen-bond acceptors (Lipinski definition) is 3. The summed E-state index contributed by atoms with van der Waals surface area (Å²) in [6.07, 6.45) is 1.57. The number of carbonyl (C=O) groups excluding carboxylic acids is 1. The van der Waals surface area contributed by atoms with Crippen molar-refractivity contribution < 1.29 is 14.7 Å². The third kappa shape index (κ3) is 2.65. The molecule has 0 bridgehead atoms. The lowest BCUT2D eigenvalue weighted by atomic mass is 10.1. The van der Waals surface area contributed by atoms with Crippen LogP contribution in [0.1, 0.15) is 23.7 Å². The predicted octanol–water partition coefficient (Wildman–Crippen LogP) is 1.16. The van der Waals surface area contributed by atoms with Crippen LogP contribution in [-0.4, -0.2) is 33.2 Å². The molecule has 3 N–H and O–H groups in total. The van der Waals surface area contributed by atoms with E-state index in [1.807, 2.05) is 0 Å². The molecule has 6 nitrogen and oxygen atoms in total. The summed E-state index contributed by atoms with van der Waals surface area (Å²) in [5, 5.41) is 18.8. The van der Waals surface area contributed by atoms with E-state index in [9.17, 15) is 9.59 Å². The Balaban J connectivity index is 2.10. The van der Waals surface area contributed by atoms with Crippen molar-refractivity contribution in [2.24, 2.45) is 0 Å². The van der Waals surface area contributed by atoms with Crippen LogP contribution >= 0.6 is 0 Å². The molecule has 2 aromatic rings. The van der Waals surface area contributed by atoms with E-state index in [1.54, 1.807) is 31.3 Å². The van der Waals surface area contributed by atoms with Crippen LogP contribution in [-0.2, 0) is 4.79 Å². The van der Waals surface area contributed by atoms with Crippen LogP contribution in [0, 0.1) is 0 Å². The smallest absolute Gasteiger partial charge is 0.305 e. The van der Waals surface area contributed by atoms with Gasteiger partial charge in [-0.2, -0.15) is 5.10 Å². The highest BCUT2D eigenvalue weighted by Crippen LogP contribution is 2.12. The number of hydrogen-bond donors (Lipinski definition) is 3. The number of rotatable bonds is 4. The Kier molecular flexibility index (Phi) is 3.27. The standard InChI is InChI=1S/C12H13N3O3/c1-7(4-11(16)17)14-12(18)8-2-3-9-6-13-15-10(9)5-8/h2-3,5-7H,4H2,1H3,(H,13,15)(H,14,18)(H,16,17). The van der Waals surface area contributed by atoms with Gasteiger partial charge in [0.1, 0.15) is 0 Å². The third-order valence-corrected chi connectivity index (χ3v) is 2.56. The first-order valence-corrected chi connectivity index (χ1v) is 5.52. The number of H-pyrrole nitrogens is 1. The van der Waals surface area contributed by atoms with E-state index >= 15 is 0 Å². The van der Waals surface area contributed by atoms with Crippen molar-refractivity contribution in [1.29, 1.82) is 0 Å². The van der Waals surface area contributed by atoms with E-state index in [2.05, 4.69) is 15.5 Å². The summed E-state index contributed by atoms with van der Waals surface area (Å²) in [5.41, 5.74) is 1.25. The first-order chi connectivity index (χ1) is 8.56. The second-order valence-electron chi connectivity index (χ2n) is 4.14. The van der Waals surface area contributed by atoms with Gasteiger partial charge in [-0.05, 0) is 19.1 Å². The van der Waals surface area contributed by atoms with E-state index in [0.717, 1.165) is 10.9 Å². The topological polar surface area (TPSA) is 95.1 Å². The zero-order valence-corrected chi connectivity index (χ0v) is 9.80. The van der Waals surface area contributed by atoms with Gasteiger partial charge in [0.05, 0.1) is 18.1 Å². The molecule has 18 heavy (non-hydrogen) atoms. The number of benzene rings is 1. The molecule has 0 aliphatic carbocycles. The molecule has 6 heteroatoms. The maximum Gasteiger partial charge on any atom is 0.305 e. The summed E-state index contributed by atoms with van der Waals surface area (Å²) in [4.78, 5) is 22.4. The Bertz CT molecular complexity index is 591. The average molecular weight is 247 g/mol. The lowest BCUT2D eigenvalue weighted by Crippen LogP contribution is -2.34. The van der Waals surface area contributed by atoms with Gasteiger partial charge >= 0.3 is 5.97 Å². The van der Waals surface area contributed by atoms with Crippen LogP contribution in [0.5, 0.6) is 0 Å². The van der Waals surface area contributed by atoms with Gasteiger partial charge < -0.3 is 10.4 Å². The molecular formula is C12H13N3O3. The van der Waals surface area contributed by atoms with Crippen LogP contribution < -0.4 is 5.32 Å². The first kappa shape index (κ1) is 12.1. The van der Waals surface area contributed by atoms with E-state index in [1.165, 1.54) is 0 Å². The normalized spacial score (nSPS) is 12.3. The van der Waals surface area contributed by atoms with Crippen LogP contribution in [0.2, 0.25) is 0 Å². The SMILES string of the molecule is CC(CC(=O)O)NC(=O)c1ccc2cn[nH]c2c1. The number of carboxylic acids is 1. The van der Waals surface area contributed by atoms with E-state index in [4.69, 9.17) is 5.11 Å². The Morgan fingerprint density at radius 3 is 3.00 bits per heavy atom. The summed E-state index contributed by atoms with van der Waals surface area (Å²) in [6.45, 7) is 1.65. The Labute approximate surface area is 103 Å². The molecular weight excluding hydrogens is 234 g/mol. The van der Waals surface area contributed by atoms with Crippen LogP contribution in [0.15, 0.2) is 24.4 Å². The number of aromatic amines is 1. The van der Waals surface area contributed by atoms with Crippen molar-refractivity contribution in [2.45, 2.75) is 19.4 Å². The van der Waals surface area contributed by atoms with Crippen LogP contribution in [0.25, 0.3) is 10.9 Å². The molecule has 1 atom stereocenters. The number of nitrogens with one attached hydrogen (secondary N) is 2. The van der Waals surface area contributed by atoms with Crippen molar-refractivity contribution in [3.63, 3.8) is 0 Å². The van der Waals surface area contributed by atoms with Crippen molar-refractivity contribution in [2.75, 3.05) is 0 Å². The zero-order valence-electron chi connectivity index (χ0n) is 9.80. The number of aliphatic carboxylic acids is 1. The molecule has 1 aromatic carbocycles. The molecule has 1 heterocycles. The van der Waals surface area contributed by atoms with Crippen molar-refractivity contribution >= 4 is 22.8 Å². The fraction of sp³-hybridized carbons (Fsp3) is 0.250. The van der Waals surface area contributed by atoms with Crippen LogP contribution in [0.3, 0.4) is 0 Å². The summed E-state index contributed by atoms with van der Waals surface area (Å²) >= 11 is 0. The van der Waals surface area contributed by atoms with Gasteiger partial charge in [-0.3, -0.25) is 14.7 Å². The summed E-state index contributed by atoms with van der Waals surface area (Å²) in [5.74, 6) is -1.23. The van der Waals surface area contributed by atoms with E-state index in [0.29, 0.717) is 5.56 Å². The number of carboxylic acid groups (broad SMARTS) is 1. The lowest BCUT2D eigenvalue weighted by molar-refractivity contribution is -0.137. The maximum absolute atomic E-state index is 11.9. The maximum atomic E-state index is 11.9. The Hall–Kier alpha value is -2.37. The monoisotopic (exact) mass is 247 g/mol. The number of aromatic nitrogens is 2. The minimum Gasteiger partial charge on any atom is -0.481 e. The highest BCUT2D eigenvalue weighted by atomic mass is 16.4. The minimum atomic E-state index is -0.938. The molecule has 1 amide bonds. The molecule has 0 spiro atoms. The molecule has 2 rings (SSSR count). The third-order valence-electron chi connectivity index (χ3n) is 2.56. The second-order valence-corrected chi connectivity index (χ2v) is 4.14. The van der Waals surface area contributed by atoms with Gasteiger partial charge in [-0.25, -0.2) is 0 Å². The highest BCUT2D eigenvalue weighted by Gasteiger charge is 2.13. The van der Waals surface area contributed by atoms with Crippen LogP contribution in [0.4, 0.5) is 0 Å². The summed E-state index contributed by atoms with van der Waals surface area (Å²) in [7, 11) is 0. The largest absolute Gasteiger partial charge is 0.481 e. The van der Waals surface area contributed by atoms with Crippen molar-refractivity contribution in [1.82, 2.24) is 15.5 Å². The van der Waals surface area contributed by atoms with Crippen molar-refractivity contribution in [3.8, 4) is 0 Å². The van der Waals surface area contributed by atoms with Gasteiger partial charge in [0.15, 0.2) is 0 Å². The fourth-order valence-corrected chi connectivity index (χ4v) is 1.70. The van der Waals surface area contributed by atoms with E-state index in [-0.39, 0.29) is 12.3 Å². The molecule has 0 fully saturated rings. The average Bonchev–Trinajstić information content (AvgIpc) is 2.74. The van der Waals surface area contributed by atoms with Gasteiger partial charge in [0.25, 0.3) is 5.91 Å². The molecule has 1 aromatic heterocycles. The number of fused-ring (bicyclic) bond motifs is 1. The van der Waals surface area contributed by atoms with Gasteiger partial charge in [-0.15, -0.1) is 0 Å². The van der Waals surface area contributed by atoms with Gasteiger partial charge in [0, 0.05) is 17.0 Å². The molecule has 94 valence electrons. The second kappa shape index (κ2) is 4.87. The fourth-order valence-electron chi connectivity index (χ4n) is 1.70. The number of nitrogens with zero attached hydrogens (tertiary/aromatic N) is 1. The highest BCUT2D eigenvalue weighted by molar-refractivity contribution is 5.97. The van der Waals surface area contributed by atoms with Gasteiger partial charge in [0.2, 0.25) is 0 Å². The quantitative estimate of drug-likeness (QED) is 0.755. The summed E-state index contributed by atoms with van der Waals surface area (Å²) in [6, 6.07) is 4.74. The number of amides is 1. The minimum absolute atomic E-state index is 0.0992. The molecule has 0 aliphatic heterocycles. The predicted molar refractivity (Wildman–Crippen MR) is 65.3 cm³/mol. The van der Waals surface area contributed by atoms with Gasteiger partial charge in [-0.1, -0.05) is 6.07 Å². The molecule has 1 unspecified atom stereocenters. The zero-order chi connectivity index (χ0) is 13.1. The molecule has 0 aliphatic rings. The number of carbonyl (C=O) groups is 2. The van der Waals surface area contributed by atoms with Crippen molar-refractivity contribution in [3.05, 3.63) is 30.0 Å². The molecule has 0 radical (unpaired) electrons. The Morgan fingerprint density at radius 2 is 2.28 bits per heavy atom. The summed E-state index contributed by atoms with van der Waals surface area (Å²) < 4.78 is 0.